The monoisotopic (exact) mass is 326 g/mol. The quantitative estimate of drug-likeness (QED) is 0.739. The van der Waals surface area contributed by atoms with Crippen molar-refractivity contribution in [3.8, 4) is 0 Å². The second-order valence-electron chi connectivity index (χ2n) is 5.13. The van der Waals surface area contributed by atoms with Crippen LogP contribution in [0.3, 0.4) is 0 Å². The van der Waals surface area contributed by atoms with Gasteiger partial charge in [-0.1, -0.05) is 13.3 Å². The molecule has 1 N–H and O–H groups in total. The SMILES string of the molecule is CCCCN(CC(=O)Nc1ccc(C(C)=O)cc1)S(C)(=O)=O. The van der Waals surface area contributed by atoms with Crippen molar-refractivity contribution in [3.05, 3.63) is 29.8 Å². The minimum absolute atomic E-state index is 0.0549. The second kappa shape index (κ2) is 8.05. The average molecular weight is 326 g/mol. The van der Waals surface area contributed by atoms with Crippen LogP contribution in [0, 0.1) is 0 Å². The van der Waals surface area contributed by atoms with Gasteiger partial charge in [-0.3, -0.25) is 9.59 Å². The highest BCUT2D eigenvalue weighted by Crippen LogP contribution is 2.10. The third-order valence-corrected chi connectivity index (χ3v) is 4.37. The Morgan fingerprint density at radius 1 is 1.18 bits per heavy atom. The van der Waals surface area contributed by atoms with Crippen LogP contribution in [-0.4, -0.2) is 43.8 Å². The van der Waals surface area contributed by atoms with Crippen molar-refractivity contribution < 1.29 is 18.0 Å². The van der Waals surface area contributed by atoms with Crippen molar-refractivity contribution >= 4 is 27.4 Å². The number of Topliss-reactive ketones (excluding diaryl/α,β-unsaturated/α-hetero) is 1. The van der Waals surface area contributed by atoms with E-state index in [0.29, 0.717) is 24.2 Å². The number of amides is 1. The highest BCUT2D eigenvalue weighted by atomic mass is 32.2. The number of benzene rings is 1. The Bertz CT molecular complexity index is 623. The first-order valence-electron chi connectivity index (χ1n) is 7.10. The molecular formula is C15H22N2O4S. The van der Waals surface area contributed by atoms with Crippen LogP contribution in [0.4, 0.5) is 5.69 Å². The van der Waals surface area contributed by atoms with Crippen molar-refractivity contribution in [2.24, 2.45) is 0 Å². The lowest BCUT2D eigenvalue weighted by atomic mass is 10.1. The first-order chi connectivity index (χ1) is 10.2. The lowest BCUT2D eigenvalue weighted by molar-refractivity contribution is -0.116. The number of rotatable bonds is 8. The number of hydrogen-bond acceptors (Lipinski definition) is 4. The molecule has 0 fully saturated rings. The van der Waals surface area contributed by atoms with Crippen LogP contribution in [0.15, 0.2) is 24.3 Å². The average Bonchev–Trinajstić information content (AvgIpc) is 2.42. The van der Waals surface area contributed by atoms with E-state index >= 15 is 0 Å². The summed E-state index contributed by atoms with van der Waals surface area (Å²) in [6.45, 7) is 3.53. The Labute approximate surface area is 131 Å². The molecule has 0 aliphatic rings. The van der Waals surface area contributed by atoms with E-state index in [9.17, 15) is 18.0 Å². The van der Waals surface area contributed by atoms with Gasteiger partial charge in [0.2, 0.25) is 15.9 Å². The maximum Gasteiger partial charge on any atom is 0.239 e. The Morgan fingerprint density at radius 3 is 2.23 bits per heavy atom. The Kier molecular flexibility index (Phi) is 6.70. The molecule has 0 spiro atoms. The molecule has 0 unspecified atom stereocenters. The topological polar surface area (TPSA) is 83.6 Å². The fourth-order valence-electron chi connectivity index (χ4n) is 1.85. The number of nitrogens with zero attached hydrogens (tertiary/aromatic N) is 1. The van der Waals surface area contributed by atoms with E-state index in [-0.39, 0.29) is 12.3 Å². The van der Waals surface area contributed by atoms with E-state index in [1.54, 1.807) is 24.3 Å². The zero-order chi connectivity index (χ0) is 16.8. The molecule has 7 heteroatoms. The van der Waals surface area contributed by atoms with Crippen molar-refractivity contribution in [1.29, 1.82) is 0 Å². The number of carbonyl (C=O) groups is 2. The lowest BCUT2D eigenvalue weighted by Gasteiger charge is -2.19. The fraction of sp³-hybridized carbons (Fsp3) is 0.467. The molecule has 0 heterocycles. The van der Waals surface area contributed by atoms with Gasteiger partial charge in [-0.25, -0.2) is 8.42 Å². The van der Waals surface area contributed by atoms with Crippen LogP contribution in [0.1, 0.15) is 37.0 Å². The lowest BCUT2D eigenvalue weighted by Crippen LogP contribution is -2.38. The standard InChI is InChI=1S/C15H22N2O4S/c1-4-5-10-17(22(3,20)21)11-15(19)16-14-8-6-13(7-9-14)12(2)18/h6-9H,4-5,10-11H2,1-3H3,(H,16,19). The van der Waals surface area contributed by atoms with E-state index in [1.165, 1.54) is 6.92 Å². The zero-order valence-electron chi connectivity index (χ0n) is 13.1. The highest BCUT2D eigenvalue weighted by molar-refractivity contribution is 7.88. The van der Waals surface area contributed by atoms with Crippen molar-refractivity contribution in [1.82, 2.24) is 4.31 Å². The van der Waals surface area contributed by atoms with Gasteiger partial charge in [-0.2, -0.15) is 4.31 Å². The molecule has 0 aliphatic heterocycles. The first kappa shape index (κ1) is 18.3. The van der Waals surface area contributed by atoms with E-state index in [2.05, 4.69) is 5.32 Å². The number of nitrogens with one attached hydrogen (secondary N) is 1. The summed E-state index contributed by atoms with van der Waals surface area (Å²) < 4.78 is 24.5. The first-order valence-corrected chi connectivity index (χ1v) is 8.95. The van der Waals surface area contributed by atoms with Gasteiger partial charge >= 0.3 is 0 Å². The van der Waals surface area contributed by atoms with Crippen LogP contribution in [0.25, 0.3) is 0 Å². The summed E-state index contributed by atoms with van der Waals surface area (Å²) in [6.07, 6.45) is 2.64. The normalized spacial score (nSPS) is 11.5. The van der Waals surface area contributed by atoms with E-state index in [0.717, 1.165) is 17.0 Å². The molecule has 1 amide bonds. The molecule has 0 radical (unpaired) electrons. The predicted molar refractivity (Wildman–Crippen MR) is 86.4 cm³/mol. The maximum absolute atomic E-state index is 12.0. The molecule has 0 bridgehead atoms. The minimum atomic E-state index is -3.41. The molecule has 0 saturated carbocycles. The van der Waals surface area contributed by atoms with Crippen molar-refractivity contribution in [2.75, 3.05) is 24.7 Å². The summed E-state index contributed by atoms with van der Waals surface area (Å²) in [7, 11) is -3.41. The summed E-state index contributed by atoms with van der Waals surface area (Å²) in [5, 5.41) is 2.63. The van der Waals surface area contributed by atoms with Crippen molar-refractivity contribution in [2.45, 2.75) is 26.7 Å². The number of hydrogen-bond donors (Lipinski definition) is 1. The Morgan fingerprint density at radius 2 is 1.77 bits per heavy atom. The summed E-state index contributed by atoms with van der Waals surface area (Å²) in [6, 6.07) is 6.46. The molecule has 0 atom stereocenters. The Hall–Kier alpha value is -1.73. The number of ketones is 1. The third kappa shape index (κ3) is 5.95. The molecule has 1 aromatic rings. The zero-order valence-corrected chi connectivity index (χ0v) is 13.9. The van der Waals surface area contributed by atoms with E-state index in [1.807, 2.05) is 6.92 Å². The molecule has 0 aromatic heterocycles. The van der Waals surface area contributed by atoms with E-state index < -0.39 is 15.9 Å². The molecule has 122 valence electrons. The Balaban J connectivity index is 2.68. The maximum atomic E-state index is 12.0. The fourth-order valence-corrected chi connectivity index (χ4v) is 2.66. The largest absolute Gasteiger partial charge is 0.325 e. The molecule has 0 aliphatic carbocycles. The molecule has 1 aromatic carbocycles. The number of carbonyl (C=O) groups excluding carboxylic acids is 2. The smallest absolute Gasteiger partial charge is 0.239 e. The van der Waals surface area contributed by atoms with Gasteiger partial charge in [0.15, 0.2) is 5.78 Å². The van der Waals surface area contributed by atoms with Crippen LogP contribution in [0.2, 0.25) is 0 Å². The number of unbranched alkanes of at least 4 members (excludes halogenated alkanes) is 1. The number of anilines is 1. The minimum Gasteiger partial charge on any atom is -0.325 e. The van der Waals surface area contributed by atoms with Crippen LogP contribution >= 0.6 is 0 Å². The molecule has 6 nitrogen and oxygen atoms in total. The third-order valence-electron chi connectivity index (χ3n) is 3.13. The summed E-state index contributed by atoms with van der Waals surface area (Å²) >= 11 is 0. The van der Waals surface area contributed by atoms with E-state index in [4.69, 9.17) is 0 Å². The van der Waals surface area contributed by atoms with Crippen LogP contribution < -0.4 is 5.32 Å². The van der Waals surface area contributed by atoms with Gasteiger partial charge in [0.1, 0.15) is 0 Å². The van der Waals surface area contributed by atoms with Crippen LogP contribution in [0.5, 0.6) is 0 Å². The summed E-state index contributed by atoms with van der Waals surface area (Å²) in [5.41, 5.74) is 1.08. The summed E-state index contributed by atoms with van der Waals surface area (Å²) in [4.78, 5) is 23.1. The van der Waals surface area contributed by atoms with Gasteiger partial charge in [-0.15, -0.1) is 0 Å². The van der Waals surface area contributed by atoms with Gasteiger partial charge in [0.05, 0.1) is 12.8 Å². The highest BCUT2D eigenvalue weighted by Gasteiger charge is 2.19. The van der Waals surface area contributed by atoms with Crippen molar-refractivity contribution in [3.63, 3.8) is 0 Å². The molecule has 1 rings (SSSR count). The van der Waals surface area contributed by atoms with Gasteiger partial charge < -0.3 is 5.32 Å². The molecule has 0 saturated heterocycles. The van der Waals surface area contributed by atoms with Gasteiger partial charge in [0, 0.05) is 17.8 Å². The van der Waals surface area contributed by atoms with Crippen LogP contribution in [-0.2, 0) is 14.8 Å². The van der Waals surface area contributed by atoms with Gasteiger partial charge in [-0.05, 0) is 37.6 Å². The summed E-state index contributed by atoms with van der Waals surface area (Å²) in [5.74, 6) is -0.460. The molecule has 22 heavy (non-hydrogen) atoms. The predicted octanol–water partition coefficient (Wildman–Crippen LogP) is 1.89. The van der Waals surface area contributed by atoms with Gasteiger partial charge in [0.25, 0.3) is 0 Å². The molecular weight excluding hydrogens is 304 g/mol. The number of sulfonamides is 1. The second-order valence-corrected chi connectivity index (χ2v) is 7.11.